The van der Waals surface area contributed by atoms with Gasteiger partial charge in [0.25, 0.3) is 0 Å². The summed E-state index contributed by atoms with van der Waals surface area (Å²) in [4.78, 5) is 0. The standard InChI is InChI=1S/C8H18N2O2S/c1-8-6-10(5-3-2-4-9)13(11,12)7-8/h8H,2-7,9H2,1H3. The Bertz CT molecular complexity index is 251. The molecule has 0 aromatic rings. The molecule has 1 saturated heterocycles. The lowest BCUT2D eigenvalue weighted by Gasteiger charge is -2.13. The van der Waals surface area contributed by atoms with Gasteiger partial charge in [-0.2, -0.15) is 0 Å². The number of sulfonamides is 1. The summed E-state index contributed by atoms with van der Waals surface area (Å²) in [6.07, 6.45) is 1.78. The molecule has 13 heavy (non-hydrogen) atoms. The molecule has 0 radical (unpaired) electrons. The zero-order chi connectivity index (χ0) is 9.90. The number of nitrogens with two attached hydrogens (primary N) is 1. The zero-order valence-electron chi connectivity index (χ0n) is 8.07. The smallest absolute Gasteiger partial charge is 0.214 e. The van der Waals surface area contributed by atoms with Crippen LogP contribution in [-0.4, -0.2) is 38.1 Å². The van der Waals surface area contributed by atoms with Crippen molar-refractivity contribution >= 4 is 10.0 Å². The van der Waals surface area contributed by atoms with Crippen LogP contribution in [0.15, 0.2) is 0 Å². The van der Waals surface area contributed by atoms with Gasteiger partial charge in [0.2, 0.25) is 10.0 Å². The minimum absolute atomic E-state index is 0.280. The van der Waals surface area contributed by atoms with Crippen LogP contribution < -0.4 is 5.73 Å². The average molecular weight is 206 g/mol. The molecule has 1 rings (SSSR count). The third kappa shape index (κ3) is 2.93. The van der Waals surface area contributed by atoms with Crippen molar-refractivity contribution in [3.8, 4) is 0 Å². The minimum Gasteiger partial charge on any atom is -0.330 e. The average Bonchev–Trinajstić information content (AvgIpc) is 2.25. The number of hydrogen-bond donors (Lipinski definition) is 1. The Hall–Kier alpha value is -0.130. The molecule has 0 spiro atoms. The normalized spacial score (nSPS) is 28.0. The highest BCUT2D eigenvalue weighted by molar-refractivity contribution is 7.89. The summed E-state index contributed by atoms with van der Waals surface area (Å²) in [5, 5.41) is 0. The van der Waals surface area contributed by atoms with Crippen LogP contribution in [0.25, 0.3) is 0 Å². The first-order valence-corrected chi connectivity index (χ1v) is 6.35. The minimum atomic E-state index is -2.92. The number of hydrogen-bond acceptors (Lipinski definition) is 3. The molecule has 1 atom stereocenters. The lowest BCUT2D eigenvalue weighted by molar-refractivity contribution is 0.403. The van der Waals surface area contributed by atoms with Gasteiger partial charge in [0.05, 0.1) is 5.75 Å². The fourth-order valence-electron chi connectivity index (χ4n) is 1.64. The Morgan fingerprint density at radius 2 is 2.15 bits per heavy atom. The number of unbranched alkanes of at least 4 members (excludes halogenated alkanes) is 1. The van der Waals surface area contributed by atoms with E-state index < -0.39 is 10.0 Å². The van der Waals surface area contributed by atoms with Crippen molar-refractivity contribution in [1.82, 2.24) is 4.31 Å². The van der Waals surface area contributed by atoms with Crippen molar-refractivity contribution in [1.29, 1.82) is 0 Å². The predicted molar refractivity (Wildman–Crippen MR) is 52.8 cm³/mol. The lowest BCUT2D eigenvalue weighted by Crippen LogP contribution is -2.27. The van der Waals surface area contributed by atoms with E-state index in [-0.39, 0.29) is 5.92 Å². The summed E-state index contributed by atoms with van der Waals surface area (Å²) < 4.78 is 24.5. The molecule has 2 N–H and O–H groups in total. The Morgan fingerprint density at radius 3 is 2.62 bits per heavy atom. The van der Waals surface area contributed by atoms with Crippen LogP contribution in [0.2, 0.25) is 0 Å². The quantitative estimate of drug-likeness (QED) is 0.659. The molecule has 0 aromatic heterocycles. The van der Waals surface area contributed by atoms with E-state index >= 15 is 0 Å². The third-order valence-electron chi connectivity index (χ3n) is 2.27. The highest BCUT2D eigenvalue weighted by Gasteiger charge is 2.32. The Morgan fingerprint density at radius 1 is 1.46 bits per heavy atom. The molecule has 0 amide bonds. The van der Waals surface area contributed by atoms with E-state index in [1.165, 1.54) is 0 Å². The van der Waals surface area contributed by atoms with Gasteiger partial charge >= 0.3 is 0 Å². The molecule has 0 aliphatic carbocycles. The van der Waals surface area contributed by atoms with Gasteiger partial charge in [-0.3, -0.25) is 0 Å². The molecule has 0 bridgehead atoms. The van der Waals surface area contributed by atoms with Crippen molar-refractivity contribution in [3.63, 3.8) is 0 Å². The highest BCUT2D eigenvalue weighted by atomic mass is 32.2. The van der Waals surface area contributed by atoms with Crippen LogP contribution in [0.3, 0.4) is 0 Å². The summed E-state index contributed by atoms with van der Waals surface area (Å²) in [5.41, 5.74) is 5.34. The largest absolute Gasteiger partial charge is 0.330 e. The second kappa shape index (κ2) is 4.39. The van der Waals surface area contributed by atoms with Gasteiger partial charge in [0.15, 0.2) is 0 Å². The maximum atomic E-state index is 11.5. The van der Waals surface area contributed by atoms with Crippen LogP contribution in [-0.2, 0) is 10.0 Å². The molecular formula is C8H18N2O2S. The third-order valence-corrected chi connectivity index (χ3v) is 4.37. The van der Waals surface area contributed by atoms with Crippen LogP contribution in [0.4, 0.5) is 0 Å². The number of rotatable bonds is 4. The summed E-state index contributed by atoms with van der Waals surface area (Å²) in [6, 6.07) is 0. The van der Waals surface area contributed by atoms with Crippen LogP contribution in [0.5, 0.6) is 0 Å². The van der Waals surface area contributed by atoms with Crippen LogP contribution >= 0.6 is 0 Å². The van der Waals surface area contributed by atoms with E-state index in [9.17, 15) is 8.42 Å². The number of nitrogens with zero attached hydrogens (tertiary/aromatic N) is 1. The van der Waals surface area contributed by atoms with E-state index in [1.54, 1.807) is 4.31 Å². The second-order valence-corrected chi connectivity index (χ2v) is 5.75. The van der Waals surface area contributed by atoms with Gasteiger partial charge in [-0.05, 0) is 25.3 Å². The Labute approximate surface area is 80.1 Å². The molecule has 0 aromatic carbocycles. The predicted octanol–water partition coefficient (Wildman–Crippen LogP) is 0.00680. The molecule has 1 unspecified atom stereocenters. The molecule has 78 valence electrons. The fourth-order valence-corrected chi connectivity index (χ4v) is 3.57. The lowest BCUT2D eigenvalue weighted by atomic mass is 10.2. The van der Waals surface area contributed by atoms with E-state index in [1.807, 2.05) is 6.92 Å². The van der Waals surface area contributed by atoms with Crippen molar-refractivity contribution in [2.45, 2.75) is 19.8 Å². The van der Waals surface area contributed by atoms with Crippen LogP contribution in [0, 0.1) is 5.92 Å². The molecule has 1 aliphatic rings. The molecule has 4 nitrogen and oxygen atoms in total. The molecular weight excluding hydrogens is 188 g/mol. The van der Waals surface area contributed by atoms with Crippen molar-refractivity contribution in [2.75, 3.05) is 25.4 Å². The van der Waals surface area contributed by atoms with Crippen LogP contribution in [0.1, 0.15) is 19.8 Å². The second-order valence-electron chi connectivity index (χ2n) is 3.74. The van der Waals surface area contributed by atoms with E-state index in [0.717, 1.165) is 12.8 Å². The molecule has 5 heteroatoms. The van der Waals surface area contributed by atoms with Crippen molar-refractivity contribution in [3.05, 3.63) is 0 Å². The van der Waals surface area contributed by atoms with Crippen molar-refractivity contribution in [2.24, 2.45) is 11.7 Å². The molecule has 1 fully saturated rings. The maximum Gasteiger partial charge on any atom is 0.214 e. The summed E-state index contributed by atoms with van der Waals surface area (Å²) in [7, 11) is -2.92. The SMILES string of the molecule is CC1CN(CCCCN)S(=O)(=O)C1. The first kappa shape index (κ1) is 10.9. The maximum absolute atomic E-state index is 11.5. The van der Waals surface area contributed by atoms with Gasteiger partial charge in [0.1, 0.15) is 0 Å². The molecule has 1 aliphatic heterocycles. The summed E-state index contributed by atoms with van der Waals surface area (Å²) >= 11 is 0. The van der Waals surface area contributed by atoms with Gasteiger partial charge in [-0.15, -0.1) is 0 Å². The fraction of sp³-hybridized carbons (Fsp3) is 1.00. The van der Waals surface area contributed by atoms with Crippen molar-refractivity contribution < 1.29 is 8.42 Å². The van der Waals surface area contributed by atoms with E-state index in [2.05, 4.69) is 0 Å². The van der Waals surface area contributed by atoms with Gasteiger partial charge in [-0.1, -0.05) is 6.92 Å². The molecule has 0 saturated carbocycles. The summed E-state index contributed by atoms with van der Waals surface area (Å²) in [5.74, 6) is 0.596. The first-order chi connectivity index (χ1) is 6.06. The van der Waals surface area contributed by atoms with Gasteiger partial charge in [0, 0.05) is 13.1 Å². The highest BCUT2D eigenvalue weighted by Crippen LogP contribution is 2.18. The Kier molecular flexibility index (Phi) is 3.70. The van der Waals surface area contributed by atoms with E-state index in [0.29, 0.717) is 25.4 Å². The summed E-state index contributed by atoms with van der Waals surface area (Å²) in [6.45, 7) is 3.95. The Balaban J connectivity index is 2.42. The first-order valence-electron chi connectivity index (χ1n) is 4.74. The topological polar surface area (TPSA) is 63.4 Å². The molecule has 1 heterocycles. The van der Waals surface area contributed by atoms with Gasteiger partial charge < -0.3 is 5.73 Å². The van der Waals surface area contributed by atoms with E-state index in [4.69, 9.17) is 5.73 Å². The zero-order valence-corrected chi connectivity index (χ0v) is 8.89. The van der Waals surface area contributed by atoms with Gasteiger partial charge in [-0.25, -0.2) is 12.7 Å². The monoisotopic (exact) mass is 206 g/mol.